The van der Waals surface area contributed by atoms with E-state index >= 15 is 0 Å². The van der Waals surface area contributed by atoms with Crippen molar-refractivity contribution in [1.82, 2.24) is 0 Å². The van der Waals surface area contributed by atoms with Crippen molar-refractivity contribution in [2.24, 2.45) is 0 Å². The number of aryl methyl sites for hydroxylation is 1. The fourth-order valence-electron chi connectivity index (χ4n) is 3.98. The normalized spacial score (nSPS) is 12.4. The van der Waals surface area contributed by atoms with E-state index in [-0.39, 0.29) is 0 Å². The van der Waals surface area contributed by atoms with E-state index in [1.165, 1.54) is 60.8 Å². The average Bonchev–Trinajstić information content (AvgIpc) is 2.99. The van der Waals surface area contributed by atoms with Gasteiger partial charge in [0.1, 0.15) is 0 Å². The van der Waals surface area contributed by atoms with E-state index in [0.29, 0.717) is 6.42 Å². The Morgan fingerprint density at radius 3 is 2.20 bits per heavy atom. The lowest BCUT2D eigenvalue weighted by atomic mass is 9.96. The molecule has 0 saturated carbocycles. The summed E-state index contributed by atoms with van der Waals surface area (Å²) in [7, 11) is 0. The molecule has 2 heteroatoms. The number of benzene rings is 2. The van der Waals surface area contributed by atoms with Gasteiger partial charge >= 0.3 is 0 Å². The van der Waals surface area contributed by atoms with Gasteiger partial charge < -0.3 is 10.2 Å². The fourth-order valence-corrected chi connectivity index (χ4v) is 3.98. The third kappa shape index (κ3) is 4.93. The summed E-state index contributed by atoms with van der Waals surface area (Å²) in [6.45, 7) is 0. The number of aliphatic hydroxyl groups is 2. The van der Waals surface area contributed by atoms with Crippen molar-refractivity contribution in [2.75, 3.05) is 0 Å². The summed E-state index contributed by atoms with van der Waals surface area (Å²) in [5, 5.41) is 17.6. The summed E-state index contributed by atoms with van der Waals surface area (Å²) in [5.41, 5.74) is 7.42. The molecule has 0 fully saturated rings. The molecule has 0 unspecified atom stereocenters. The SMILES string of the molecule is OC(O)CCCCCCCCCc1cccc2c1Cc1ccccc1-2. The van der Waals surface area contributed by atoms with Crippen LogP contribution in [-0.4, -0.2) is 16.5 Å². The van der Waals surface area contributed by atoms with Crippen LogP contribution in [0.25, 0.3) is 11.1 Å². The monoisotopic (exact) mass is 338 g/mol. The lowest BCUT2D eigenvalue weighted by Gasteiger charge is -2.09. The summed E-state index contributed by atoms with van der Waals surface area (Å²) < 4.78 is 0. The summed E-state index contributed by atoms with van der Waals surface area (Å²) >= 11 is 0. The van der Waals surface area contributed by atoms with Gasteiger partial charge in [0.15, 0.2) is 6.29 Å². The van der Waals surface area contributed by atoms with E-state index in [4.69, 9.17) is 10.2 Å². The molecule has 0 atom stereocenters. The number of aliphatic hydroxyl groups excluding tert-OH is 1. The standard InChI is InChI=1S/C23H30O2/c24-23(25)16-7-5-3-1-2-4-6-11-18-13-10-15-21-20-14-9-8-12-19(20)17-22(18)21/h8-10,12-15,23-25H,1-7,11,16-17H2. The van der Waals surface area contributed by atoms with Gasteiger partial charge in [0, 0.05) is 0 Å². The molecule has 2 aromatic rings. The molecule has 0 heterocycles. The third-order valence-electron chi connectivity index (χ3n) is 5.36. The first-order chi connectivity index (χ1) is 12.3. The summed E-state index contributed by atoms with van der Waals surface area (Å²) in [5.74, 6) is 0. The number of hydrogen-bond donors (Lipinski definition) is 2. The Hall–Kier alpha value is -1.64. The van der Waals surface area contributed by atoms with Crippen LogP contribution in [0.2, 0.25) is 0 Å². The van der Waals surface area contributed by atoms with Crippen molar-refractivity contribution in [3.8, 4) is 11.1 Å². The number of unbranched alkanes of at least 4 members (excludes halogenated alkanes) is 6. The molecule has 0 spiro atoms. The minimum atomic E-state index is -1.13. The van der Waals surface area contributed by atoms with E-state index in [2.05, 4.69) is 42.5 Å². The number of fused-ring (bicyclic) bond motifs is 3. The van der Waals surface area contributed by atoms with Crippen LogP contribution >= 0.6 is 0 Å². The lowest BCUT2D eigenvalue weighted by molar-refractivity contribution is -0.0466. The Labute approximate surface area is 151 Å². The van der Waals surface area contributed by atoms with Crippen molar-refractivity contribution in [2.45, 2.75) is 70.5 Å². The molecule has 0 radical (unpaired) electrons. The minimum Gasteiger partial charge on any atom is -0.368 e. The number of rotatable bonds is 10. The molecule has 0 bridgehead atoms. The van der Waals surface area contributed by atoms with Crippen molar-refractivity contribution < 1.29 is 10.2 Å². The lowest BCUT2D eigenvalue weighted by Crippen LogP contribution is -2.02. The first kappa shape index (κ1) is 18.2. The van der Waals surface area contributed by atoms with Crippen LogP contribution in [0.15, 0.2) is 42.5 Å². The Balaban J connectivity index is 1.39. The quantitative estimate of drug-likeness (QED) is 0.392. The molecular weight excluding hydrogens is 308 g/mol. The van der Waals surface area contributed by atoms with Crippen LogP contribution < -0.4 is 0 Å². The fraction of sp³-hybridized carbons (Fsp3) is 0.478. The zero-order valence-corrected chi connectivity index (χ0v) is 15.1. The second kappa shape index (κ2) is 9.17. The molecular formula is C23H30O2. The molecule has 0 aromatic heterocycles. The minimum absolute atomic E-state index is 0.515. The Bertz CT molecular complexity index is 676. The summed E-state index contributed by atoms with van der Waals surface area (Å²) in [6, 6.07) is 15.6. The highest BCUT2D eigenvalue weighted by atomic mass is 16.5. The van der Waals surface area contributed by atoms with Crippen molar-refractivity contribution >= 4 is 0 Å². The molecule has 2 nitrogen and oxygen atoms in total. The molecule has 2 N–H and O–H groups in total. The van der Waals surface area contributed by atoms with E-state index in [9.17, 15) is 0 Å². The van der Waals surface area contributed by atoms with Crippen LogP contribution in [0, 0.1) is 0 Å². The van der Waals surface area contributed by atoms with E-state index in [1.54, 1.807) is 5.56 Å². The molecule has 2 aromatic carbocycles. The highest BCUT2D eigenvalue weighted by Gasteiger charge is 2.19. The molecule has 3 rings (SSSR count). The van der Waals surface area contributed by atoms with Crippen LogP contribution in [0.4, 0.5) is 0 Å². The van der Waals surface area contributed by atoms with Crippen LogP contribution in [0.5, 0.6) is 0 Å². The molecule has 0 amide bonds. The molecule has 1 aliphatic carbocycles. The average molecular weight is 338 g/mol. The number of hydrogen-bond acceptors (Lipinski definition) is 2. The van der Waals surface area contributed by atoms with Gasteiger partial charge in [-0.1, -0.05) is 74.6 Å². The maximum Gasteiger partial charge on any atom is 0.151 e. The van der Waals surface area contributed by atoms with Crippen LogP contribution in [0.1, 0.15) is 68.1 Å². The van der Waals surface area contributed by atoms with E-state index in [0.717, 1.165) is 19.3 Å². The molecule has 0 saturated heterocycles. The first-order valence-electron chi connectivity index (χ1n) is 9.81. The molecule has 25 heavy (non-hydrogen) atoms. The predicted molar refractivity (Wildman–Crippen MR) is 104 cm³/mol. The molecule has 134 valence electrons. The maximum atomic E-state index is 8.81. The largest absolute Gasteiger partial charge is 0.368 e. The van der Waals surface area contributed by atoms with Gasteiger partial charge in [0.2, 0.25) is 0 Å². The van der Waals surface area contributed by atoms with Gasteiger partial charge in [-0.15, -0.1) is 0 Å². The van der Waals surface area contributed by atoms with Crippen molar-refractivity contribution in [3.63, 3.8) is 0 Å². The zero-order valence-electron chi connectivity index (χ0n) is 15.1. The first-order valence-corrected chi connectivity index (χ1v) is 9.81. The van der Waals surface area contributed by atoms with Crippen LogP contribution in [-0.2, 0) is 12.8 Å². The summed E-state index contributed by atoms with van der Waals surface area (Å²) in [4.78, 5) is 0. The van der Waals surface area contributed by atoms with Gasteiger partial charge in [0.25, 0.3) is 0 Å². The molecule has 1 aliphatic rings. The van der Waals surface area contributed by atoms with E-state index in [1.807, 2.05) is 0 Å². The second-order valence-electron chi connectivity index (χ2n) is 7.27. The van der Waals surface area contributed by atoms with Crippen LogP contribution in [0.3, 0.4) is 0 Å². The van der Waals surface area contributed by atoms with Gasteiger partial charge in [-0.25, -0.2) is 0 Å². The van der Waals surface area contributed by atoms with Gasteiger partial charge in [0.05, 0.1) is 0 Å². The van der Waals surface area contributed by atoms with Gasteiger partial charge in [-0.2, -0.15) is 0 Å². The Morgan fingerprint density at radius 1 is 0.720 bits per heavy atom. The predicted octanol–water partition coefficient (Wildman–Crippen LogP) is 5.23. The second-order valence-corrected chi connectivity index (χ2v) is 7.27. The highest BCUT2D eigenvalue weighted by Crippen LogP contribution is 2.38. The zero-order chi connectivity index (χ0) is 17.5. The third-order valence-corrected chi connectivity index (χ3v) is 5.36. The van der Waals surface area contributed by atoms with Crippen molar-refractivity contribution in [1.29, 1.82) is 0 Å². The van der Waals surface area contributed by atoms with E-state index < -0.39 is 6.29 Å². The smallest absolute Gasteiger partial charge is 0.151 e. The Morgan fingerprint density at radius 2 is 1.40 bits per heavy atom. The Kier molecular flexibility index (Phi) is 6.66. The summed E-state index contributed by atoms with van der Waals surface area (Å²) in [6.07, 6.45) is 10.0. The highest BCUT2D eigenvalue weighted by molar-refractivity contribution is 5.77. The van der Waals surface area contributed by atoms with Gasteiger partial charge in [-0.3, -0.25) is 0 Å². The topological polar surface area (TPSA) is 40.5 Å². The maximum absolute atomic E-state index is 8.81. The van der Waals surface area contributed by atoms with Gasteiger partial charge in [-0.05, 0) is 59.9 Å². The van der Waals surface area contributed by atoms with Crippen molar-refractivity contribution in [3.05, 3.63) is 59.2 Å². The molecule has 0 aliphatic heterocycles.